The molecule has 0 saturated heterocycles. The van der Waals surface area contributed by atoms with E-state index in [0.717, 1.165) is 36.6 Å². The van der Waals surface area contributed by atoms with Crippen molar-refractivity contribution >= 4 is 21.6 Å². The Kier molecular flexibility index (Phi) is 4.79. The number of anilines is 1. The van der Waals surface area contributed by atoms with Crippen molar-refractivity contribution < 1.29 is 17.9 Å². The number of nitrogens with zero attached hydrogens (tertiary/aromatic N) is 1. The lowest BCUT2D eigenvalue weighted by Gasteiger charge is -2.35. The predicted octanol–water partition coefficient (Wildman–Crippen LogP) is 2.72. The van der Waals surface area contributed by atoms with Gasteiger partial charge < -0.3 is 10.1 Å². The second-order valence-electron chi connectivity index (χ2n) is 7.52. The van der Waals surface area contributed by atoms with Gasteiger partial charge in [-0.15, -0.1) is 0 Å². The van der Waals surface area contributed by atoms with Gasteiger partial charge in [0.25, 0.3) is 5.91 Å². The van der Waals surface area contributed by atoms with Crippen molar-refractivity contribution in [1.82, 2.24) is 5.32 Å². The lowest BCUT2D eigenvalue weighted by atomic mass is 9.87. The zero-order chi connectivity index (χ0) is 19.9. The molecule has 0 radical (unpaired) electrons. The van der Waals surface area contributed by atoms with Crippen molar-refractivity contribution in [3.63, 3.8) is 0 Å². The maximum atomic E-state index is 13.0. The summed E-state index contributed by atoms with van der Waals surface area (Å²) in [5.74, 6) is 0.119. The van der Waals surface area contributed by atoms with Crippen LogP contribution in [0.25, 0.3) is 0 Å². The van der Waals surface area contributed by atoms with Gasteiger partial charge in [-0.1, -0.05) is 30.3 Å². The van der Waals surface area contributed by atoms with Gasteiger partial charge in [-0.3, -0.25) is 9.10 Å². The molecule has 1 N–H and O–H groups in total. The van der Waals surface area contributed by atoms with Crippen molar-refractivity contribution in [3.05, 3.63) is 59.2 Å². The van der Waals surface area contributed by atoms with Crippen LogP contribution in [0.1, 0.15) is 35.6 Å². The van der Waals surface area contributed by atoms with Crippen molar-refractivity contribution in [3.8, 4) is 5.75 Å². The zero-order valence-electron chi connectivity index (χ0n) is 16.0. The number of carbonyl (C=O) groups is 1. The summed E-state index contributed by atoms with van der Waals surface area (Å²) in [6, 6.07) is 13.4. The average Bonchev–Trinajstić information content (AvgIpc) is 2.66. The van der Waals surface area contributed by atoms with Crippen LogP contribution in [0.15, 0.2) is 42.5 Å². The fourth-order valence-corrected chi connectivity index (χ4v) is 4.89. The number of aryl methyl sites for hydroxylation is 2. The molecule has 0 saturated carbocycles. The van der Waals surface area contributed by atoms with Crippen molar-refractivity contribution in [2.75, 3.05) is 17.1 Å². The van der Waals surface area contributed by atoms with Crippen LogP contribution >= 0.6 is 0 Å². The van der Waals surface area contributed by atoms with E-state index in [4.69, 9.17) is 4.74 Å². The van der Waals surface area contributed by atoms with Crippen molar-refractivity contribution in [1.29, 1.82) is 0 Å². The summed E-state index contributed by atoms with van der Waals surface area (Å²) in [4.78, 5) is 13.0. The maximum absolute atomic E-state index is 13.0. The Balaban J connectivity index is 1.58. The van der Waals surface area contributed by atoms with Gasteiger partial charge in [0.1, 0.15) is 5.75 Å². The molecule has 0 fully saturated rings. The van der Waals surface area contributed by atoms with E-state index in [9.17, 15) is 13.2 Å². The third-order valence-corrected chi connectivity index (χ3v) is 6.51. The van der Waals surface area contributed by atoms with E-state index in [1.807, 2.05) is 31.2 Å². The number of carbonyl (C=O) groups excluding carboxylic acids is 1. The minimum Gasteiger partial charge on any atom is -0.476 e. The molecule has 1 aliphatic heterocycles. The zero-order valence-corrected chi connectivity index (χ0v) is 16.8. The van der Waals surface area contributed by atoms with E-state index in [1.165, 1.54) is 9.87 Å². The van der Waals surface area contributed by atoms with E-state index in [2.05, 4.69) is 11.4 Å². The van der Waals surface area contributed by atoms with E-state index in [0.29, 0.717) is 11.4 Å². The second-order valence-corrected chi connectivity index (χ2v) is 9.43. The van der Waals surface area contributed by atoms with Gasteiger partial charge in [0.05, 0.1) is 24.5 Å². The number of fused-ring (bicyclic) bond motifs is 2. The third-order valence-electron chi connectivity index (χ3n) is 5.36. The summed E-state index contributed by atoms with van der Waals surface area (Å²) in [6.45, 7) is 1.86. The van der Waals surface area contributed by atoms with E-state index >= 15 is 0 Å². The number of nitrogens with one attached hydrogen (secondary N) is 1. The summed E-state index contributed by atoms with van der Waals surface area (Å²) < 4.78 is 31.8. The van der Waals surface area contributed by atoms with Crippen molar-refractivity contribution in [2.24, 2.45) is 0 Å². The topological polar surface area (TPSA) is 75.7 Å². The molecule has 28 heavy (non-hydrogen) atoms. The maximum Gasteiger partial charge on any atom is 0.263 e. The minimum atomic E-state index is -3.53. The summed E-state index contributed by atoms with van der Waals surface area (Å²) in [5, 5.41) is 3.07. The lowest BCUT2D eigenvalue weighted by molar-refractivity contribution is -0.128. The van der Waals surface area contributed by atoms with Crippen LogP contribution < -0.4 is 14.4 Å². The molecule has 0 spiro atoms. The highest BCUT2D eigenvalue weighted by atomic mass is 32.2. The van der Waals surface area contributed by atoms with Crippen LogP contribution in [0.3, 0.4) is 0 Å². The Bertz CT molecular complexity index is 1020. The molecule has 2 aromatic carbocycles. The number of hydrogen-bond acceptors (Lipinski definition) is 4. The van der Waals surface area contributed by atoms with Gasteiger partial charge in [-0.25, -0.2) is 8.42 Å². The molecule has 1 amide bonds. The first kappa shape index (κ1) is 18.8. The molecule has 1 aliphatic carbocycles. The summed E-state index contributed by atoms with van der Waals surface area (Å²) in [5.41, 5.74) is 3.79. The first-order valence-corrected chi connectivity index (χ1v) is 11.3. The number of hydrogen-bond donors (Lipinski definition) is 1. The number of ether oxygens (including phenoxy) is 1. The van der Waals surface area contributed by atoms with E-state index in [1.54, 1.807) is 12.1 Å². The quantitative estimate of drug-likeness (QED) is 0.860. The Morgan fingerprint density at radius 2 is 2.00 bits per heavy atom. The van der Waals surface area contributed by atoms with Gasteiger partial charge in [-0.2, -0.15) is 0 Å². The average molecular weight is 401 g/mol. The van der Waals surface area contributed by atoms with Gasteiger partial charge in [0.15, 0.2) is 6.10 Å². The third kappa shape index (κ3) is 3.58. The highest BCUT2D eigenvalue weighted by Gasteiger charge is 2.36. The molecule has 0 aromatic heterocycles. The fraction of sp³-hybridized carbons (Fsp3) is 0.381. The molecular weight excluding hydrogens is 376 g/mol. The molecule has 1 heterocycles. The van der Waals surface area contributed by atoms with Gasteiger partial charge >= 0.3 is 0 Å². The standard InChI is InChI=1S/C21H24N2O4S/c1-14-10-11-19-18(12-14)23(28(2,25)26)13-20(27-19)21(24)22-17-9-5-7-15-6-3-4-8-16(15)17/h3-4,6,8,10-12,17,20H,5,7,9,13H2,1-2H3,(H,22,24). The second kappa shape index (κ2) is 7.13. The number of benzene rings is 2. The smallest absolute Gasteiger partial charge is 0.263 e. The molecule has 148 valence electrons. The fourth-order valence-electron chi connectivity index (χ4n) is 3.98. The monoisotopic (exact) mass is 400 g/mol. The van der Waals surface area contributed by atoms with E-state index in [-0.39, 0.29) is 18.5 Å². The molecule has 4 rings (SSSR count). The normalized spacial score (nSPS) is 21.3. The Hall–Kier alpha value is -2.54. The molecule has 0 bridgehead atoms. The molecule has 2 atom stereocenters. The first-order valence-electron chi connectivity index (χ1n) is 9.46. The largest absolute Gasteiger partial charge is 0.476 e. The van der Waals surface area contributed by atoms with E-state index < -0.39 is 16.1 Å². The highest BCUT2D eigenvalue weighted by molar-refractivity contribution is 7.92. The predicted molar refractivity (Wildman–Crippen MR) is 108 cm³/mol. The number of sulfonamides is 1. The summed E-state index contributed by atoms with van der Waals surface area (Å²) >= 11 is 0. The lowest BCUT2D eigenvalue weighted by Crippen LogP contribution is -2.51. The molecule has 6 nitrogen and oxygen atoms in total. The molecular formula is C21H24N2O4S. The number of amides is 1. The van der Waals surface area contributed by atoms with Crippen molar-refractivity contribution in [2.45, 2.75) is 38.3 Å². The van der Waals surface area contributed by atoms with Crippen LogP contribution in [-0.4, -0.2) is 33.2 Å². The number of rotatable bonds is 3. The molecule has 2 aromatic rings. The van der Waals surface area contributed by atoms with Gasteiger partial charge in [0, 0.05) is 0 Å². The SMILES string of the molecule is Cc1ccc2c(c1)N(S(C)(=O)=O)CC(C(=O)NC1CCCc3ccccc31)O2. The van der Waals surface area contributed by atoms with Crippen LogP contribution in [0.2, 0.25) is 0 Å². The summed E-state index contributed by atoms with van der Waals surface area (Å²) in [7, 11) is -3.53. The molecule has 2 unspecified atom stereocenters. The minimum absolute atomic E-state index is 0.0323. The van der Waals surface area contributed by atoms with Crippen LogP contribution in [0.5, 0.6) is 5.75 Å². The molecule has 2 aliphatic rings. The van der Waals surface area contributed by atoms with Crippen LogP contribution in [0.4, 0.5) is 5.69 Å². The Morgan fingerprint density at radius 1 is 1.21 bits per heavy atom. The first-order chi connectivity index (χ1) is 13.3. The van der Waals surface area contributed by atoms with Gasteiger partial charge in [-0.05, 0) is 55.0 Å². The van der Waals surface area contributed by atoms with Gasteiger partial charge in [0.2, 0.25) is 10.0 Å². The Labute approximate surface area is 165 Å². The highest BCUT2D eigenvalue weighted by Crippen LogP contribution is 2.36. The molecule has 7 heteroatoms. The van der Waals surface area contributed by atoms with Crippen LogP contribution in [0, 0.1) is 6.92 Å². The Morgan fingerprint density at radius 3 is 2.79 bits per heavy atom. The summed E-state index contributed by atoms with van der Waals surface area (Å²) in [6.07, 6.45) is 3.14. The van der Waals surface area contributed by atoms with Crippen LogP contribution in [-0.2, 0) is 21.2 Å².